The van der Waals surface area contributed by atoms with Crippen molar-refractivity contribution < 1.29 is 29.0 Å². The minimum absolute atomic E-state index is 0.0655. The maximum atomic E-state index is 13.4. The van der Waals surface area contributed by atoms with Crippen LogP contribution in [0.2, 0.25) is 0 Å². The predicted octanol–water partition coefficient (Wildman–Crippen LogP) is 2.41. The molecule has 180 valence electrons. The number of imide groups is 2. The number of methoxy groups -OCH3 is 1. The highest BCUT2D eigenvalue weighted by molar-refractivity contribution is 6.53. The topological polar surface area (TPSA) is 104 Å². The van der Waals surface area contributed by atoms with E-state index in [2.05, 4.69) is 0 Å². The smallest absolute Gasteiger partial charge is 0.253 e. The molecular weight excluding hydrogens is 483 g/mol. The zero-order valence-corrected chi connectivity index (χ0v) is 20.4. The first-order chi connectivity index (χ1) is 16.0. The number of carbonyl (C=O) groups excluding carboxylic acids is 4. The van der Waals surface area contributed by atoms with Gasteiger partial charge in [0, 0.05) is 31.1 Å². The lowest BCUT2D eigenvalue weighted by Crippen LogP contribution is -2.60. The number of hydrogen-bond acceptors (Lipinski definition) is 6. The van der Waals surface area contributed by atoms with E-state index >= 15 is 0 Å². The Morgan fingerprint density at radius 2 is 1.82 bits per heavy atom. The van der Waals surface area contributed by atoms with Crippen molar-refractivity contribution in [2.24, 2.45) is 17.8 Å². The molecule has 1 aromatic rings. The van der Waals surface area contributed by atoms with Gasteiger partial charge in [-0.15, -0.1) is 23.2 Å². The predicted molar refractivity (Wildman–Crippen MR) is 123 cm³/mol. The van der Waals surface area contributed by atoms with Gasteiger partial charge in [0.05, 0.1) is 18.9 Å². The minimum atomic E-state index is -1.92. The first-order valence-corrected chi connectivity index (χ1v) is 11.9. The third-order valence-electron chi connectivity index (χ3n) is 7.97. The lowest BCUT2D eigenvalue weighted by Gasteiger charge is -2.50. The highest BCUT2D eigenvalue weighted by atomic mass is 35.5. The van der Waals surface area contributed by atoms with Gasteiger partial charge in [-0.25, -0.2) is 0 Å². The number of ether oxygens (including phenoxy) is 1. The van der Waals surface area contributed by atoms with E-state index < -0.39 is 45.2 Å². The number of alkyl halides is 2. The van der Waals surface area contributed by atoms with Crippen LogP contribution in [0.15, 0.2) is 29.8 Å². The van der Waals surface area contributed by atoms with Crippen molar-refractivity contribution in [3.8, 4) is 11.5 Å². The monoisotopic (exact) mass is 506 g/mol. The summed E-state index contributed by atoms with van der Waals surface area (Å²) in [5, 5.41) is 10.9. The molecule has 0 unspecified atom stereocenters. The zero-order valence-electron chi connectivity index (χ0n) is 18.9. The lowest BCUT2D eigenvalue weighted by molar-refractivity contribution is -0.141. The number of hydrogen-bond donors (Lipinski definition) is 1. The van der Waals surface area contributed by atoms with Crippen LogP contribution in [0.4, 0.5) is 0 Å². The van der Waals surface area contributed by atoms with E-state index in [0.717, 1.165) is 4.90 Å². The number of aromatic hydroxyl groups is 1. The van der Waals surface area contributed by atoms with Crippen LogP contribution in [0, 0.1) is 17.8 Å². The quantitative estimate of drug-likeness (QED) is 0.383. The molecule has 1 N–H and O–H groups in total. The van der Waals surface area contributed by atoms with Crippen LogP contribution in [0.3, 0.4) is 0 Å². The van der Waals surface area contributed by atoms with E-state index in [1.165, 1.54) is 25.1 Å². The van der Waals surface area contributed by atoms with Crippen molar-refractivity contribution in [2.45, 2.75) is 35.4 Å². The number of phenols is 1. The molecule has 0 bridgehead atoms. The summed E-state index contributed by atoms with van der Waals surface area (Å²) in [5.41, 5.74) is 0.944. The first kappa shape index (κ1) is 23.2. The number of fused-ring (bicyclic) bond motifs is 4. The highest BCUT2D eigenvalue weighted by Gasteiger charge is 2.76. The Hall–Kier alpha value is -2.58. The average Bonchev–Trinajstić information content (AvgIpc) is 3.14. The van der Waals surface area contributed by atoms with Gasteiger partial charge in [-0.3, -0.25) is 29.0 Å². The summed E-state index contributed by atoms with van der Waals surface area (Å²) in [6, 6.07) is 4.61. The maximum Gasteiger partial charge on any atom is 0.253 e. The molecule has 3 fully saturated rings. The molecule has 1 aromatic carbocycles. The number of allylic oxidation sites excluding steroid dienone is 2. The molecule has 10 heteroatoms. The van der Waals surface area contributed by atoms with Gasteiger partial charge < -0.3 is 9.84 Å². The molecule has 1 saturated carbocycles. The molecule has 2 aliphatic carbocycles. The van der Waals surface area contributed by atoms with Crippen LogP contribution in [0.25, 0.3) is 0 Å². The second-order valence-corrected chi connectivity index (χ2v) is 10.6. The van der Waals surface area contributed by atoms with E-state index in [1.54, 1.807) is 19.1 Å². The van der Waals surface area contributed by atoms with Crippen molar-refractivity contribution in [1.82, 2.24) is 9.80 Å². The van der Waals surface area contributed by atoms with Crippen LogP contribution < -0.4 is 4.74 Å². The van der Waals surface area contributed by atoms with Gasteiger partial charge in [-0.05, 0) is 31.7 Å². The maximum absolute atomic E-state index is 13.4. The van der Waals surface area contributed by atoms with Crippen molar-refractivity contribution in [3.63, 3.8) is 0 Å². The van der Waals surface area contributed by atoms with Crippen LogP contribution in [-0.4, -0.2) is 69.0 Å². The standard InChI is InChI=1S/C24H24Cl2N2O6/c1-4-28-19(30)14-8-7-12-15(17(14)20(28)31)10-23(25)21(32)27(2)22(33)24(23,26)18(12)13-6-5-11(34-3)9-16(13)29/h5-7,9,14-15,17-18,29H,4,8,10H2,1-3H3/t14-,15+,17-,18+,23+,24-/m0/s1. The molecular formula is C24H24Cl2N2O6. The number of likely N-dealkylation sites (tertiary alicyclic amines) is 2. The van der Waals surface area contributed by atoms with Gasteiger partial charge in [0.1, 0.15) is 11.5 Å². The van der Waals surface area contributed by atoms with Crippen molar-refractivity contribution in [3.05, 3.63) is 35.4 Å². The second-order valence-electron chi connectivity index (χ2n) is 9.34. The first-order valence-electron chi connectivity index (χ1n) is 11.1. The van der Waals surface area contributed by atoms with Gasteiger partial charge in [0.15, 0.2) is 9.75 Å². The molecule has 5 rings (SSSR count). The molecule has 8 nitrogen and oxygen atoms in total. The Labute approximate surface area is 206 Å². The third kappa shape index (κ3) is 2.61. The fraction of sp³-hybridized carbons (Fsp3) is 0.500. The van der Waals surface area contributed by atoms with Gasteiger partial charge >= 0.3 is 0 Å². The van der Waals surface area contributed by atoms with Gasteiger partial charge in [-0.2, -0.15) is 0 Å². The summed E-state index contributed by atoms with van der Waals surface area (Å²) in [7, 11) is 2.78. The molecule has 2 heterocycles. The number of benzene rings is 1. The third-order valence-corrected chi connectivity index (χ3v) is 9.38. The molecule has 4 aliphatic rings. The molecule has 2 aliphatic heterocycles. The number of amides is 4. The molecule has 0 radical (unpaired) electrons. The van der Waals surface area contributed by atoms with Crippen molar-refractivity contribution >= 4 is 46.8 Å². The van der Waals surface area contributed by atoms with Crippen molar-refractivity contribution in [1.29, 1.82) is 0 Å². The SMILES string of the molecule is CCN1C(=O)[C@H]2[C@H](CC=C3[C@H]2C[C@@]2(Cl)C(=O)N(C)C(=O)[C@@]2(Cl)[C@H]3c2ccc(OC)cc2O)C1=O. The largest absolute Gasteiger partial charge is 0.508 e. The zero-order chi connectivity index (χ0) is 24.7. The van der Waals surface area contributed by atoms with Gasteiger partial charge in [-0.1, -0.05) is 17.7 Å². The lowest BCUT2D eigenvalue weighted by atomic mass is 9.56. The molecule has 34 heavy (non-hydrogen) atoms. The van der Waals surface area contributed by atoms with Crippen LogP contribution in [0.5, 0.6) is 11.5 Å². The number of nitrogens with zero attached hydrogens (tertiary/aromatic N) is 2. The molecule has 0 aromatic heterocycles. The summed E-state index contributed by atoms with van der Waals surface area (Å²) >= 11 is 14.1. The average molecular weight is 507 g/mol. The van der Waals surface area contributed by atoms with E-state index in [4.69, 9.17) is 27.9 Å². The van der Waals surface area contributed by atoms with Crippen LogP contribution in [0.1, 0.15) is 31.2 Å². The summed E-state index contributed by atoms with van der Waals surface area (Å²) in [4.78, 5) is 51.3. The fourth-order valence-corrected chi connectivity index (χ4v) is 7.37. The minimum Gasteiger partial charge on any atom is -0.508 e. The normalized spacial score (nSPS) is 36.9. The Balaban J connectivity index is 1.74. The summed E-state index contributed by atoms with van der Waals surface area (Å²) in [6.07, 6.45) is 2.07. The summed E-state index contributed by atoms with van der Waals surface area (Å²) < 4.78 is 5.19. The fourth-order valence-electron chi connectivity index (χ4n) is 6.36. The van der Waals surface area contributed by atoms with E-state index in [1.807, 2.05) is 6.08 Å². The Kier molecular flexibility index (Phi) is 5.08. The Morgan fingerprint density at radius 1 is 1.12 bits per heavy atom. The van der Waals surface area contributed by atoms with E-state index in [-0.39, 0.29) is 30.5 Å². The molecule has 2 saturated heterocycles. The Morgan fingerprint density at radius 3 is 2.44 bits per heavy atom. The Bertz CT molecular complexity index is 1180. The second kappa shape index (κ2) is 7.46. The number of carbonyl (C=O) groups is 4. The molecule has 6 atom stereocenters. The number of halogens is 2. The summed E-state index contributed by atoms with van der Waals surface area (Å²) in [5.74, 6) is -4.49. The van der Waals surface area contributed by atoms with E-state index in [9.17, 15) is 24.3 Å². The number of phenolic OH excluding ortho intramolecular Hbond substituents is 1. The van der Waals surface area contributed by atoms with Crippen LogP contribution >= 0.6 is 23.2 Å². The highest BCUT2D eigenvalue weighted by Crippen LogP contribution is 2.66. The number of rotatable bonds is 3. The van der Waals surface area contributed by atoms with E-state index in [0.29, 0.717) is 23.3 Å². The summed E-state index contributed by atoms with van der Waals surface area (Å²) in [6.45, 7) is 1.99. The van der Waals surface area contributed by atoms with Crippen molar-refractivity contribution in [2.75, 3.05) is 20.7 Å². The molecule has 0 spiro atoms. The molecule has 4 amide bonds. The van der Waals surface area contributed by atoms with Gasteiger partial charge in [0.25, 0.3) is 11.8 Å². The van der Waals surface area contributed by atoms with Crippen LogP contribution in [-0.2, 0) is 19.2 Å². The van der Waals surface area contributed by atoms with Gasteiger partial charge in [0.2, 0.25) is 11.8 Å².